The molecule has 0 saturated carbocycles. The minimum absolute atomic E-state index is 0.0150. The third-order valence-corrected chi connectivity index (χ3v) is 7.50. The molecule has 0 aromatic heterocycles. The number of fused-ring (bicyclic) bond motifs is 2. The fourth-order valence-electron chi connectivity index (χ4n) is 4.87. The summed E-state index contributed by atoms with van der Waals surface area (Å²) in [5, 5.41) is 10.1. The number of aliphatic hydroxyl groups is 1. The Hall–Kier alpha value is -2.86. The molecule has 0 saturated heterocycles. The van der Waals surface area contributed by atoms with Crippen molar-refractivity contribution in [3.8, 4) is 11.8 Å². The molecular weight excluding hydrogens is 396 g/mol. The average Bonchev–Trinajstić information content (AvgIpc) is 3.06. The van der Waals surface area contributed by atoms with Crippen LogP contribution in [0.15, 0.2) is 53.3 Å². The Balaban J connectivity index is 1.73. The van der Waals surface area contributed by atoms with Gasteiger partial charge in [0.15, 0.2) is 11.6 Å². The Bertz CT molecular complexity index is 1130. The zero-order chi connectivity index (χ0) is 23.3. The lowest BCUT2D eigenvalue weighted by atomic mass is 9.64. The highest BCUT2D eigenvalue weighted by atomic mass is 16.3. The minimum Gasteiger partial charge on any atom is -0.512 e. The number of allylic oxidation sites excluding steroid dienone is 6. The van der Waals surface area contributed by atoms with Crippen LogP contribution < -0.4 is 0 Å². The van der Waals surface area contributed by atoms with E-state index in [1.165, 1.54) is 0 Å². The van der Waals surface area contributed by atoms with E-state index in [2.05, 4.69) is 51.7 Å². The van der Waals surface area contributed by atoms with Crippen LogP contribution >= 0.6 is 0 Å². The summed E-state index contributed by atoms with van der Waals surface area (Å²) in [6, 6.07) is 7.05. The van der Waals surface area contributed by atoms with Crippen LogP contribution in [0.4, 0.5) is 0 Å². The van der Waals surface area contributed by atoms with E-state index in [1.807, 2.05) is 6.92 Å². The van der Waals surface area contributed by atoms with Crippen molar-refractivity contribution < 1.29 is 14.7 Å². The van der Waals surface area contributed by atoms with Gasteiger partial charge < -0.3 is 5.11 Å². The lowest BCUT2D eigenvalue weighted by molar-refractivity contribution is -0.113. The summed E-state index contributed by atoms with van der Waals surface area (Å²) >= 11 is 0. The Morgan fingerprint density at radius 2 is 1.50 bits per heavy atom. The van der Waals surface area contributed by atoms with Crippen LogP contribution in [-0.2, 0) is 4.79 Å². The van der Waals surface area contributed by atoms with Gasteiger partial charge in [0.2, 0.25) is 0 Å². The quantitative estimate of drug-likeness (QED) is 0.443. The lowest BCUT2D eigenvalue weighted by Gasteiger charge is -2.39. The summed E-state index contributed by atoms with van der Waals surface area (Å²) in [4.78, 5) is 25.7. The van der Waals surface area contributed by atoms with E-state index in [0.29, 0.717) is 35.1 Å². The summed E-state index contributed by atoms with van der Waals surface area (Å²) in [6.45, 7) is 11.0. The molecule has 4 rings (SSSR count). The molecule has 0 aliphatic heterocycles. The van der Waals surface area contributed by atoms with E-state index in [9.17, 15) is 14.7 Å². The van der Waals surface area contributed by atoms with E-state index in [4.69, 9.17) is 0 Å². The SMILES string of the molecule is CC1=C/C2C#CC(/C=C\1C(=O)c1ccc(C3=C(O)CCC3=O)cc1)C(C)(C)CCC2(C)C. The molecule has 3 nitrogen and oxygen atoms in total. The van der Waals surface area contributed by atoms with E-state index in [1.54, 1.807) is 24.3 Å². The van der Waals surface area contributed by atoms with Crippen LogP contribution in [0.25, 0.3) is 5.57 Å². The number of rotatable bonds is 3. The van der Waals surface area contributed by atoms with Crippen molar-refractivity contribution in [2.24, 2.45) is 22.7 Å². The maximum Gasteiger partial charge on any atom is 0.193 e. The molecule has 32 heavy (non-hydrogen) atoms. The third kappa shape index (κ3) is 3.99. The van der Waals surface area contributed by atoms with Gasteiger partial charge in [-0.2, -0.15) is 0 Å². The lowest BCUT2D eigenvalue weighted by Crippen LogP contribution is -2.32. The van der Waals surface area contributed by atoms with Crippen LogP contribution in [0.5, 0.6) is 0 Å². The van der Waals surface area contributed by atoms with Gasteiger partial charge in [0.05, 0.1) is 5.57 Å². The molecule has 0 radical (unpaired) electrons. The standard InChI is InChI=1S/C29H32O3/c1-18-16-21-10-11-22(29(4,5)15-14-28(21,2)3)17-23(18)27(32)20-8-6-19(7-9-20)26-24(30)12-13-25(26)31/h6-9,16-17,21-22,30H,12-15H2,1-5H3/b18-16-,23-17+. The van der Waals surface area contributed by atoms with Crippen molar-refractivity contribution in [3.05, 3.63) is 64.4 Å². The van der Waals surface area contributed by atoms with Crippen LogP contribution in [0.2, 0.25) is 0 Å². The highest BCUT2D eigenvalue weighted by molar-refractivity contribution is 6.23. The van der Waals surface area contributed by atoms with Crippen molar-refractivity contribution in [1.82, 2.24) is 0 Å². The molecule has 0 fully saturated rings. The first-order valence-electron chi connectivity index (χ1n) is 11.5. The first-order valence-corrected chi connectivity index (χ1v) is 11.5. The van der Waals surface area contributed by atoms with Crippen molar-refractivity contribution >= 4 is 17.1 Å². The fraction of sp³-hybridized carbons (Fsp3) is 0.448. The topological polar surface area (TPSA) is 54.4 Å². The first kappa shape index (κ1) is 22.3. The summed E-state index contributed by atoms with van der Waals surface area (Å²) in [7, 11) is 0. The smallest absolute Gasteiger partial charge is 0.193 e. The molecule has 3 aliphatic carbocycles. The fourth-order valence-corrected chi connectivity index (χ4v) is 4.87. The Morgan fingerprint density at radius 1 is 0.938 bits per heavy atom. The van der Waals surface area contributed by atoms with Gasteiger partial charge in [-0.15, -0.1) is 0 Å². The number of hydrogen-bond acceptors (Lipinski definition) is 3. The Labute approximate surface area is 191 Å². The normalized spacial score (nSPS) is 29.5. The first-order chi connectivity index (χ1) is 15.0. The van der Waals surface area contributed by atoms with E-state index in [-0.39, 0.29) is 40.0 Å². The number of Topliss-reactive ketones (excluding diaryl/α,β-unsaturated/α-hetero) is 2. The number of hydrogen-bond donors (Lipinski definition) is 1. The van der Waals surface area contributed by atoms with E-state index in [0.717, 1.165) is 18.4 Å². The molecule has 0 spiro atoms. The second kappa shape index (κ2) is 7.93. The van der Waals surface area contributed by atoms with Gasteiger partial charge >= 0.3 is 0 Å². The van der Waals surface area contributed by atoms with Crippen molar-refractivity contribution in [1.29, 1.82) is 0 Å². The molecule has 1 N–H and O–H groups in total. The van der Waals surface area contributed by atoms with Crippen molar-refractivity contribution in [2.45, 2.75) is 60.3 Å². The number of carbonyl (C=O) groups excluding carboxylic acids is 2. The van der Waals surface area contributed by atoms with Gasteiger partial charge in [-0.3, -0.25) is 9.59 Å². The number of aliphatic hydroxyl groups excluding tert-OH is 1. The maximum atomic E-state index is 13.6. The number of benzene rings is 1. The molecule has 0 amide bonds. The van der Waals surface area contributed by atoms with Crippen LogP contribution in [0, 0.1) is 34.5 Å². The summed E-state index contributed by atoms with van der Waals surface area (Å²) in [6.07, 6.45) is 7.12. The molecule has 2 bridgehead atoms. The minimum atomic E-state index is -0.0464. The summed E-state index contributed by atoms with van der Waals surface area (Å²) in [5.41, 5.74) is 3.35. The third-order valence-electron chi connectivity index (χ3n) is 7.50. The van der Waals surface area contributed by atoms with Crippen LogP contribution in [0.1, 0.15) is 76.2 Å². The molecule has 2 unspecified atom stereocenters. The molecule has 3 aliphatic rings. The van der Waals surface area contributed by atoms with Gasteiger partial charge in [-0.25, -0.2) is 0 Å². The Kier molecular flexibility index (Phi) is 5.53. The monoisotopic (exact) mass is 428 g/mol. The van der Waals surface area contributed by atoms with Gasteiger partial charge in [0.1, 0.15) is 5.76 Å². The maximum absolute atomic E-state index is 13.6. The molecule has 1 aromatic carbocycles. The zero-order valence-corrected chi connectivity index (χ0v) is 19.7. The second-order valence-electron chi connectivity index (χ2n) is 10.8. The summed E-state index contributed by atoms with van der Waals surface area (Å²) in [5.74, 6) is 7.19. The van der Waals surface area contributed by atoms with E-state index >= 15 is 0 Å². The predicted octanol–water partition coefficient (Wildman–Crippen LogP) is 6.47. The van der Waals surface area contributed by atoms with Crippen LogP contribution in [-0.4, -0.2) is 16.7 Å². The van der Waals surface area contributed by atoms with E-state index < -0.39 is 0 Å². The number of carbonyl (C=O) groups is 2. The van der Waals surface area contributed by atoms with Gasteiger partial charge in [-0.1, -0.05) is 76.0 Å². The van der Waals surface area contributed by atoms with Crippen molar-refractivity contribution in [2.75, 3.05) is 0 Å². The molecular formula is C29H32O3. The molecule has 0 heterocycles. The average molecular weight is 429 g/mol. The molecule has 1 aromatic rings. The second-order valence-corrected chi connectivity index (χ2v) is 10.8. The Morgan fingerprint density at radius 3 is 2.03 bits per heavy atom. The zero-order valence-electron chi connectivity index (χ0n) is 19.7. The molecule has 166 valence electrons. The predicted molar refractivity (Wildman–Crippen MR) is 128 cm³/mol. The van der Waals surface area contributed by atoms with Gasteiger partial charge in [0.25, 0.3) is 0 Å². The molecule has 3 heteroatoms. The highest BCUT2D eigenvalue weighted by Gasteiger charge is 2.37. The van der Waals surface area contributed by atoms with Gasteiger partial charge in [-0.05, 0) is 41.7 Å². The van der Waals surface area contributed by atoms with Crippen LogP contribution in [0.3, 0.4) is 0 Å². The molecule has 2 atom stereocenters. The summed E-state index contributed by atoms with van der Waals surface area (Å²) < 4.78 is 0. The van der Waals surface area contributed by atoms with Crippen molar-refractivity contribution in [3.63, 3.8) is 0 Å². The van der Waals surface area contributed by atoms with Gasteiger partial charge in [0, 0.05) is 35.8 Å². The number of ketones is 2. The largest absolute Gasteiger partial charge is 0.512 e. The highest BCUT2D eigenvalue weighted by Crippen LogP contribution is 2.45.